The van der Waals surface area contributed by atoms with Crippen LogP contribution in [0.3, 0.4) is 0 Å². The lowest BCUT2D eigenvalue weighted by atomic mass is 10.1. The quantitative estimate of drug-likeness (QED) is 0.608. The molecular formula is C16H11Cl2FN2O4S. The van der Waals surface area contributed by atoms with Crippen molar-refractivity contribution in [1.29, 1.82) is 0 Å². The first-order valence-corrected chi connectivity index (χ1v) is 9.87. The van der Waals surface area contributed by atoms with Crippen molar-refractivity contribution < 1.29 is 17.7 Å². The Labute approximate surface area is 158 Å². The van der Waals surface area contributed by atoms with Gasteiger partial charge in [0.2, 0.25) is 10.0 Å². The summed E-state index contributed by atoms with van der Waals surface area (Å²) in [6, 6.07) is 6.43. The highest BCUT2D eigenvalue weighted by molar-refractivity contribution is 7.89. The highest BCUT2D eigenvalue weighted by Crippen LogP contribution is 2.57. The van der Waals surface area contributed by atoms with E-state index in [-0.39, 0.29) is 17.9 Å². The van der Waals surface area contributed by atoms with Crippen LogP contribution >= 0.6 is 23.2 Å². The van der Waals surface area contributed by atoms with Crippen LogP contribution in [0.15, 0.2) is 35.2 Å². The van der Waals surface area contributed by atoms with Crippen LogP contribution < -0.4 is 4.72 Å². The van der Waals surface area contributed by atoms with Crippen LogP contribution in [0.5, 0.6) is 0 Å². The third kappa shape index (κ3) is 2.77. The van der Waals surface area contributed by atoms with Crippen LogP contribution in [0.25, 0.3) is 0 Å². The van der Waals surface area contributed by atoms with E-state index in [1.165, 1.54) is 0 Å². The van der Waals surface area contributed by atoms with Crippen molar-refractivity contribution in [1.82, 2.24) is 4.72 Å². The Kier molecular flexibility index (Phi) is 4.00. The molecule has 1 fully saturated rings. The van der Waals surface area contributed by atoms with Crippen molar-refractivity contribution in [2.24, 2.45) is 5.92 Å². The minimum atomic E-state index is -4.20. The normalized spacial score (nSPS) is 23.4. The summed E-state index contributed by atoms with van der Waals surface area (Å²) in [5.74, 6) is -1.10. The summed E-state index contributed by atoms with van der Waals surface area (Å²) in [6.07, 6.45) is 0.692. The van der Waals surface area contributed by atoms with E-state index < -0.39 is 36.4 Å². The van der Waals surface area contributed by atoms with Gasteiger partial charge in [-0.15, -0.1) is 0 Å². The summed E-state index contributed by atoms with van der Waals surface area (Å²) in [4.78, 5) is 9.20. The van der Waals surface area contributed by atoms with Gasteiger partial charge in [0.25, 0.3) is 5.69 Å². The molecule has 1 N–H and O–H groups in total. The zero-order valence-corrected chi connectivity index (χ0v) is 15.3. The Hall–Kier alpha value is -1.74. The van der Waals surface area contributed by atoms with Gasteiger partial charge in [0, 0.05) is 17.0 Å². The lowest BCUT2D eigenvalue weighted by molar-refractivity contribution is -0.384. The predicted octanol–water partition coefficient (Wildman–Crippen LogP) is 3.66. The molecule has 0 saturated heterocycles. The number of nitrogens with zero attached hydrogens (tertiary/aromatic N) is 1. The predicted molar refractivity (Wildman–Crippen MR) is 93.6 cm³/mol. The van der Waals surface area contributed by atoms with E-state index in [0.29, 0.717) is 17.5 Å². The highest BCUT2D eigenvalue weighted by atomic mass is 35.5. The van der Waals surface area contributed by atoms with Crippen LogP contribution in [0.2, 0.25) is 10.0 Å². The van der Waals surface area contributed by atoms with Gasteiger partial charge in [0.1, 0.15) is 15.7 Å². The molecule has 0 amide bonds. The molecule has 6 nitrogen and oxygen atoms in total. The van der Waals surface area contributed by atoms with Gasteiger partial charge in [-0.2, -0.15) is 0 Å². The first kappa shape index (κ1) is 17.7. The van der Waals surface area contributed by atoms with Crippen molar-refractivity contribution in [3.05, 3.63) is 67.4 Å². The molecule has 0 spiro atoms. The number of fused-ring (bicyclic) bond motifs is 3. The number of nitro groups is 1. The lowest BCUT2D eigenvalue weighted by Gasteiger charge is -2.11. The monoisotopic (exact) mass is 416 g/mol. The first-order chi connectivity index (χ1) is 12.2. The van der Waals surface area contributed by atoms with E-state index in [2.05, 4.69) is 4.72 Å². The molecule has 3 unspecified atom stereocenters. The Morgan fingerprint density at radius 3 is 2.65 bits per heavy atom. The Morgan fingerprint density at radius 2 is 1.96 bits per heavy atom. The van der Waals surface area contributed by atoms with Gasteiger partial charge < -0.3 is 0 Å². The van der Waals surface area contributed by atoms with E-state index >= 15 is 0 Å². The number of nitro benzene ring substituents is 1. The van der Waals surface area contributed by atoms with Crippen molar-refractivity contribution in [2.45, 2.75) is 23.3 Å². The van der Waals surface area contributed by atoms with Crippen LogP contribution in [0, 0.1) is 21.8 Å². The maximum Gasteiger partial charge on any atom is 0.290 e. The van der Waals surface area contributed by atoms with Crippen molar-refractivity contribution in [3.8, 4) is 0 Å². The number of halogens is 3. The summed E-state index contributed by atoms with van der Waals surface area (Å²) in [7, 11) is -4.20. The van der Waals surface area contributed by atoms with E-state index in [1.807, 2.05) is 12.1 Å². The maximum atomic E-state index is 14.1. The van der Waals surface area contributed by atoms with Crippen LogP contribution in [0.4, 0.5) is 10.1 Å². The molecule has 0 bridgehead atoms. The second-order valence-corrected chi connectivity index (χ2v) is 8.90. The minimum Gasteiger partial charge on any atom is -0.258 e. The maximum absolute atomic E-state index is 14.1. The highest BCUT2D eigenvalue weighted by Gasteiger charge is 2.57. The second-order valence-electron chi connectivity index (χ2n) is 6.38. The number of hydrogen-bond donors (Lipinski definition) is 1. The van der Waals surface area contributed by atoms with Gasteiger partial charge >= 0.3 is 0 Å². The van der Waals surface area contributed by atoms with Gasteiger partial charge in [-0.1, -0.05) is 29.3 Å². The number of sulfonamides is 1. The molecule has 0 aromatic heterocycles. The topological polar surface area (TPSA) is 89.3 Å². The SMILES string of the molecule is O=[N+]([O-])c1cc(F)c(S(=O)(=O)NC2C3Cc4cc(Cl)ccc4C32)cc1Cl. The zero-order chi connectivity index (χ0) is 18.8. The Balaban J connectivity index is 1.60. The summed E-state index contributed by atoms with van der Waals surface area (Å²) in [6.45, 7) is 0. The molecule has 4 rings (SSSR count). The number of nitrogens with one attached hydrogen (secondary N) is 1. The second kappa shape index (κ2) is 5.88. The molecule has 2 aliphatic carbocycles. The molecule has 2 aliphatic rings. The average molecular weight is 417 g/mol. The summed E-state index contributed by atoms with van der Waals surface area (Å²) in [5, 5.41) is 11.0. The summed E-state index contributed by atoms with van der Waals surface area (Å²) < 4.78 is 41.7. The molecule has 0 heterocycles. The van der Waals surface area contributed by atoms with E-state index in [0.717, 1.165) is 17.2 Å². The van der Waals surface area contributed by atoms with Crippen LogP contribution in [-0.2, 0) is 16.4 Å². The largest absolute Gasteiger partial charge is 0.290 e. The number of rotatable bonds is 4. The molecule has 0 aliphatic heterocycles. The third-order valence-corrected chi connectivity index (χ3v) is 6.88. The van der Waals surface area contributed by atoms with Crippen molar-refractivity contribution in [3.63, 3.8) is 0 Å². The molecule has 1 saturated carbocycles. The van der Waals surface area contributed by atoms with Crippen LogP contribution in [0.1, 0.15) is 17.0 Å². The zero-order valence-electron chi connectivity index (χ0n) is 12.9. The van der Waals surface area contributed by atoms with Gasteiger partial charge in [-0.3, -0.25) is 10.1 Å². The number of hydrogen-bond acceptors (Lipinski definition) is 4. The molecule has 10 heteroatoms. The average Bonchev–Trinajstić information content (AvgIpc) is 3.04. The smallest absolute Gasteiger partial charge is 0.258 e. The lowest BCUT2D eigenvalue weighted by Crippen LogP contribution is -2.29. The summed E-state index contributed by atoms with van der Waals surface area (Å²) in [5.41, 5.74) is 1.44. The van der Waals surface area contributed by atoms with Crippen molar-refractivity contribution in [2.75, 3.05) is 0 Å². The third-order valence-electron chi connectivity index (χ3n) is 4.87. The minimum absolute atomic E-state index is 0.0219. The van der Waals surface area contributed by atoms with Gasteiger partial charge in [-0.25, -0.2) is 17.5 Å². The fourth-order valence-electron chi connectivity index (χ4n) is 3.65. The fourth-order valence-corrected chi connectivity index (χ4v) is 5.54. The molecule has 136 valence electrons. The fraction of sp³-hybridized carbons (Fsp3) is 0.250. The van der Waals surface area contributed by atoms with E-state index in [9.17, 15) is 22.9 Å². The van der Waals surface area contributed by atoms with Gasteiger partial charge in [-0.05, 0) is 41.7 Å². The van der Waals surface area contributed by atoms with Crippen molar-refractivity contribution >= 4 is 38.9 Å². The standard InChI is InChI=1S/C16H11Cl2FN2O4S/c17-8-1-2-9-7(3-8)4-10-15(9)16(10)20-26(24,25)14-5-11(18)13(21(22)23)6-12(14)19/h1-3,5-6,10,15-16,20H,4H2. The van der Waals surface area contributed by atoms with E-state index in [1.54, 1.807) is 6.07 Å². The van der Waals surface area contributed by atoms with E-state index in [4.69, 9.17) is 23.2 Å². The number of benzene rings is 2. The Morgan fingerprint density at radius 1 is 1.23 bits per heavy atom. The van der Waals surface area contributed by atoms with Gasteiger partial charge in [0.05, 0.1) is 11.0 Å². The van der Waals surface area contributed by atoms with Crippen LogP contribution in [-0.4, -0.2) is 19.4 Å². The Bertz CT molecular complexity index is 1060. The molecule has 3 atom stereocenters. The molecular weight excluding hydrogens is 406 g/mol. The summed E-state index contributed by atoms with van der Waals surface area (Å²) >= 11 is 11.7. The molecule has 0 radical (unpaired) electrons. The van der Waals surface area contributed by atoms with Gasteiger partial charge in [0.15, 0.2) is 0 Å². The molecule has 26 heavy (non-hydrogen) atoms. The molecule has 2 aromatic carbocycles. The molecule has 2 aromatic rings. The first-order valence-electron chi connectivity index (χ1n) is 7.63.